The largest absolute Gasteiger partial charge is 0.368 e. The molecule has 18 heavy (non-hydrogen) atoms. The molecule has 0 aromatic carbocycles. The van der Waals surface area contributed by atoms with Crippen molar-refractivity contribution < 1.29 is 0 Å². The maximum absolute atomic E-state index is 5.64. The molecule has 0 atom stereocenters. The van der Waals surface area contributed by atoms with Crippen molar-refractivity contribution in [2.75, 3.05) is 30.0 Å². The van der Waals surface area contributed by atoms with Gasteiger partial charge in [-0.2, -0.15) is 15.0 Å². The molecule has 0 aliphatic heterocycles. The molecule has 0 unspecified atom stereocenters. The fraction of sp³-hybridized carbons (Fsp3) is 0.364. The van der Waals surface area contributed by atoms with Gasteiger partial charge < -0.3 is 20.9 Å². The molecule has 2 rings (SSSR count). The summed E-state index contributed by atoms with van der Waals surface area (Å²) >= 11 is 0. The van der Waals surface area contributed by atoms with E-state index >= 15 is 0 Å². The van der Waals surface area contributed by atoms with Gasteiger partial charge in [-0.05, 0) is 18.6 Å². The summed E-state index contributed by atoms with van der Waals surface area (Å²) in [5.74, 6) is 1.22. The van der Waals surface area contributed by atoms with Gasteiger partial charge in [-0.1, -0.05) is 0 Å². The topological polar surface area (TPSA) is 95.8 Å². The number of nitrogens with one attached hydrogen (secondary N) is 2. The van der Waals surface area contributed by atoms with Crippen LogP contribution in [-0.2, 0) is 6.54 Å². The summed E-state index contributed by atoms with van der Waals surface area (Å²) in [4.78, 5) is 17.2. The van der Waals surface area contributed by atoms with Crippen LogP contribution in [0.1, 0.15) is 11.3 Å². The number of aryl methyl sites for hydroxylation is 1. The molecule has 0 aliphatic rings. The van der Waals surface area contributed by atoms with Crippen LogP contribution >= 0.6 is 0 Å². The molecule has 2 aromatic heterocycles. The van der Waals surface area contributed by atoms with E-state index in [1.54, 1.807) is 4.90 Å². The molecule has 7 nitrogen and oxygen atoms in total. The predicted molar refractivity (Wildman–Crippen MR) is 71.4 cm³/mol. The van der Waals surface area contributed by atoms with Gasteiger partial charge in [0.25, 0.3) is 0 Å². The number of nitrogens with two attached hydrogens (primary N) is 1. The van der Waals surface area contributed by atoms with Crippen molar-refractivity contribution in [1.29, 1.82) is 0 Å². The first-order chi connectivity index (χ1) is 8.54. The monoisotopic (exact) mass is 247 g/mol. The van der Waals surface area contributed by atoms with Crippen LogP contribution in [0.3, 0.4) is 0 Å². The number of hydrogen-bond acceptors (Lipinski definition) is 6. The van der Waals surface area contributed by atoms with Crippen LogP contribution in [-0.4, -0.2) is 34.0 Å². The van der Waals surface area contributed by atoms with E-state index in [-0.39, 0.29) is 5.95 Å². The van der Waals surface area contributed by atoms with Crippen molar-refractivity contribution in [2.24, 2.45) is 0 Å². The summed E-state index contributed by atoms with van der Waals surface area (Å²) < 4.78 is 0. The van der Waals surface area contributed by atoms with E-state index in [0.29, 0.717) is 18.4 Å². The van der Waals surface area contributed by atoms with Crippen molar-refractivity contribution in [3.8, 4) is 0 Å². The summed E-state index contributed by atoms with van der Waals surface area (Å²) in [6.45, 7) is 2.65. The van der Waals surface area contributed by atoms with Crippen molar-refractivity contribution in [3.63, 3.8) is 0 Å². The fourth-order valence-electron chi connectivity index (χ4n) is 1.51. The highest BCUT2D eigenvalue weighted by Gasteiger charge is 2.06. The molecule has 96 valence electrons. The lowest BCUT2D eigenvalue weighted by atomic mass is 10.3. The van der Waals surface area contributed by atoms with Gasteiger partial charge in [-0.25, -0.2) is 0 Å². The van der Waals surface area contributed by atoms with Crippen LogP contribution in [0.25, 0.3) is 0 Å². The molecule has 0 aliphatic carbocycles. The lowest BCUT2D eigenvalue weighted by Crippen LogP contribution is -2.16. The lowest BCUT2D eigenvalue weighted by molar-refractivity contribution is 0.950. The van der Waals surface area contributed by atoms with Gasteiger partial charge in [0, 0.05) is 32.5 Å². The molecule has 0 amide bonds. The summed E-state index contributed by atoms with van der Waals surface area (Å²) in [6, 6.07) is 2.06. The minimum atomic E-state index is 0.210. The van der Waals surface area contributed by atoms with Gasteiger partial charge in [-0.3, -0.25) is 0 Å². The Morgan fingerprint density at radius 1 is 1.33 bits per heavy atom. The summed E-state index contributed by atoms with van der Waals surface area (Å²) in [5.41, 5.74) is 7.89. The van der Waals surface area contributed by atoms with Crippen LogP contribution < -0.4 is 16.0 Å². The Morgan fingerprint density at radius 2 is 2.11 bits per heavy atom. The summed E-state index contributed by atoms with van der Waals surface area (Å²) in [6.07, 6.45) is 1.94. The Morgan fingerprint density at radius 3 is 2.72 bits per heavy atom. The molecular formula is C11H17N7. The molecule has 0 spiro atoms. The summed E-state index contributed by atoms with van der Waals surface area (Å²) in [5, 5.41) is 3.12. The SMILES string of the molecule is Cc1cc(CNc2nc(N)nc(N(C)C)n2)c[nH]1. The Kier molecular flexibility index (Phi) is 3.31. The van der Waals surface area contributed by atoms with E-state index in [4.69, 9.17) is 5.73 Å². The minimum absolute atomic E-state index is 0.210. The zero-order chi connectivity index (χ0) is 13.1. The maximum atomic E-state index is 5.64. The highest BCUT2D eigenvalue weighted by Crippen LogP contribution is 2.10. The fourth-order valence-corrected chi connectivity index (χ4v) is 1.51. The standard InChI is InChI=1S/C11H17N7/c1-7-4-8(5-13-7)6-14-10-15-9(12)16-11(17-10)18(2)3/h4-5,13H,6H2,1-3H3,(H3,12,14,15,16,17). The van der Waals surface area contributed by atoms with Gasteiger partial charge in [0.15, 0.2) is 0 Å². The van der Waals surface area contributed by atoms with Gasteiger partial charge in [0.05, 0.1) is 0 Å². The maximum Gasteiger partial charge on any atom is 0.231 e. The molecule has 0 fully saturated rings. The van der Waals surface area contributed by atoms with E-state index in [2.05, 4.69) is 31.3 Å². The van der Waals surface area contributed by atoms with Gasteiger partial charge >= 0.3 is 0 Å². The van der Waals surface area contributed by atoms with Gasteiger partial charge in [0.1, 0.15) is 0 Å². The number of H-pyrrole nitrogens is 1. The highest BCUT2D eigenvalue weighted by molar-refractivity contribution is 5.41. The Hall–Kier alpha value is -2.31. The number of aromatic nitrogens is 4. The molecule has 0 bridgehead atoms. The van der Waals surface area contributed by atoms with E-state index < -0.39 is 0 Å². The lowest BCUT2D eigenvalue weighted by Gasteiger charge is -2.11. The van der Waals surface area contributed by atoms with Crippen LogP contribution in [0.4, 0.5) is 17.8 Å². The van der Waals surface area contributed by atoms with Crippen LogP contribution in [0.2, 0.25) is 0 Å². The quantitative estimate of drug-likeness (QED) is 0.738. The van der Waals surface area contributed by atoms with E-state index in [1.165, 1.54) is 0 Å². The second-order valence-electron chi connectivity index (χ2n) is 4.26. The number of rotatable bonds is 4. The van der Waals surface area contributed by atoms with Crippen LogP contribution in [0.15, 0.2) is 12.3 Å². The third-order valence-corrected chi connectivity index (χ3v) is 2.38. The molecule has 0 saturated carbocycles. The molecule has 7 heteroatoms. The minimum Gasteiger partial charge on any atom is -0.368 e. The normalized spacial score (nSPS) is 10.4. The van der Waals surface area contributed by atoms with Crippen molar-refractivity contribution in [1.82, 2.24) is 19.9 Å². The van der Waals surface area contributed by atoms with Crippen molar-refractivity contribution in [2.45, 2.75) is 13.5 Å². The average Bonchev–Trinajstić information content (AvgIpc) is 2.72. The molecule has 2 heterocycles. The predicted octanol–water partition coefficient (Wildman–Crippen LogP) is 0.768. The zero-order valence-corrected chi connectivity index (χ0v) is 10.7. The second kappa shape index (κ2) is 4.91. The first-order valence-electron chi connectivity index (χ1n) is 5.61. The Labute approximate surface area is 105 Å². The molecule has 4 N–H and O–H groups in total. The highest BCUT2D eigenvalue weighted by atomic mass is 15.3. The van der Waals surface area contributed by atoms with Gasteiger partial charge in [0.2, 0.25) is 17.8 Å². The number of nitrogens with zero attached hydrogens (tertiary/aromatic N) is 4. The van der Waals surface area contributed by atoms with Gasteiger partial charge in [-0.15, -0.1) is 0 Å². The second-order valence-corrected chi connectivity index (χ2v) is 4.26. The van der Waals surface area contributed by atoms with E-state index in [1.807, 2.05) is 27.2 Å². The third-order valence-electron chi connectivity index (χ3n) is 2.38. The number of hydrogen-bond donors (Lipinski definition) is 3. The zero-order valence-electron chi connectivity index (χ0n) is 10.7. The van der Waals surface area contributed by atoms with E-state index in [0.717, 1.165) is 11.3 Å². The average molecular weight is 247 g/mol. The number of aromatic amines is 1. The van der Waals surface area contributed by atoms with Crippen LogP contribution in [0, 0.1) is 6.92 Å². The Balaban J connectivity index is 2.09. The van der Waals surface area contributed by atoms with E-state index in [9.17, 15) is 0 Å². The summed E-state index contributed by atoms with van der Waals surface area (Å²) in [7, 11) is 3.71. The molecule has 0 radical (unpaired) electrons. The third kappa shape index (κ3) is 2.88. The first kappa shape index (κ1) is 12.2. The number of anilines is 3. The van der Waals surface area contributed by atoms with Crippen molar-refractivity contribution in [3.05, 3.63) is 23.5 Å². The van der Waals surface area contributed by atoms with Crippen molar-refractivity contribution >= 4 is 17.8 Å². The number of nitrogen functional groups attached to an aromatic ring is 1. The Bertz CT molecular complexity index is 532. The molecule has 0 saturated heterocycles. The van der Waals surface area contributed by atoms with Crippen LogP contribution in [0.5, 0.6) is 0 Å². The smallest absolute Gasteiger partial charge is 0.231 e. The molecule has 2 aromatic rings. The molecular weight excluding hydrogens is 230 g/mol. The first-order valence-corrected chi connectivity index (χ1v) is 5.61.